The summed E-state index contributed by atoms with van der Waals surface area (Å²) < 4.78 is 13.1. The van der Waals surface area contributed by atoms with Crippen LogP contribution in [0.15, 0.2) is 30.3 Å². The van der Waals surface area contributed by atoms with E-state index in [0.29, 0.717) is 17.1 Å². The van der Waals surface area contributed by atoms with Gasteiger partial charge in [-0.2, -0.15) is 0 Å². The Balaban J connectivity index is 1.63. The molecule has 0 aliphatic carbocycles. The van der Waals surface area contributed by atoms with Crippen LogP contribution in [0.2, 0.25) is 5.02 Å². The Kier molecular flexibility index (Phi) is 8.32. The third kappa shape index (κ3) is 6.03. The molecule has 1 fully saturated rings. The number of esters is 1. The number of benzene rings is 1. The lowest BCUT2D eigenvalue weighted by Crippen LogP contribution is -2.45. The SMILES string of the molecule is Cc1cc(C(=O)COC(=O)[C@@H](NC(=O)c2ccccc2Cl)C(C)C)c(C)n1CC1CCCO1. The summed E-state index contributed by atoms with van der Waals surface area (Å²) in [6.07, 6.45) is 2.22. The minimum Gasteiger partial charge on any atom is -0.456 e. The van der Waals surface area contributed by atoms with Crippen molar-refractivity contribution in [1.82, 2.24) is 9.88 Å². The number of aryl methyl sites for hydroxylation is 1. The van der Waals surface area contributed by atoms with Crippen molar-refractivity contribution in [1.29, 1.82) is 0 Å². The normalized spacial score (nSPS) is 16.6. The second-order valence-electron chi connectivity index (χ2n) is 8.74. The Morgan fingerprint density at radius 1 is 1.21 bits per heavy atom. The van der Waals surface area contributed by atoms with Crippen LogP contribution in [0.1, 0.15) is 58.8 Å². The van der Waals surface area contributed by atoms with Gasteiger partial charge in [0.2, 0.25) is 5.78 Å². The Morgan fingerprint density at radius 2 is 1.94 bits per heavy atom. The van der Waals surface area contributed by atoms with Gasteiger partial charge in [-0.05, 0) is 50.8 Å². The van der Waals surface area contributed by atoms with E-state index >= 15 is 0 Å². The molecule has 1 aliphatic rings. The first-order chi connectivity index (χ1) is 15.7. The van der Waals surface area contributed by atoms with E-state index in [-0.39, 0.29) is 23.4 Å². The van der Waals surface area contributed by atoms with Gasteiger partial charge in [0.05, 0.1) is 16.7 Å². The molecule has 0 radical (unpaired) electrons. The standard InChI is InChI=1S/C25H31ClN2O5/c1-15(2)23(27-24(30)19-9-5-6-10-21(19)26)25(31)33-14-22(29)20-12-16(3)28(17(20)4)13-18-8-7-11-32-18/h5-6,9-10,12,15,18,23H,7-8,11,13-14H2,1-4H3,(H,27,30)/t18?,23-/m0/s1. The van der Waals surface area contributed by atoms with Crippen molar-refractivity contribution in [3.63, 3.8) is 0 Å². The Bertz CT molecular complexity index is 1020. The van der Waals surface area contributed by atoms with E-state index in [2.05, 4.69) is 9.88 Å². The molecule has 2 atom stereocenters. The van der Waals surface area contributed by atoms with Gasteiger partial charge in [0, 0.05) is 30.1 Å². The highest BCUT2D eigenvalue weighted by atomic mass is 35.5. The van der Waals surface area contributed by atoms with Gasteiger partial charge in [0.15, 0.2) is 6.61 Å². The molecule has 1 aliphatic heterocycles. The molecule has 0 saturated carbocycles. The van der Waals surface area contributed by atoms with Gasteiger partial charge >= 0.3 is 5.97 Å². The zero-order valence-electron chi connectivity index (χ0n) is 19.5. The average Bonchev–Trinajstić information content (AvgIpc) is 3.39. The van der Waals surface area contributed by atoms with Gasteiger partial charge in [0.1, 0.15) is 6.04 Å². The molecule has 1 amide bonds. The molecular formula is C25H31ClN2O5. The summed E-state index contributed by atoms with van der Waals surface area (Å²) in [7, 11) is 0. The number of ketones is 1. The molecule has 33 heavy (non-hydrogen) atoms. The summed E-state index contributed by atoms with van der Waals surface area (Å²) in [5.41, 5.74) is 2.59. The van der Waals surface area contributed by atoms with Gasteiger partial charge < -0.3 is 19.4 Å². The highest BCUT2D eigenvalue weighted by Gasteiger charge is 2.28. The third-order valence-electron chi connectivity index (χ3n) is 5.96. The van der Waals surface area contributed by atoms with E-state index in [1.807, 2.05) is 19.9 Å². The fourth-order valence-corrected chi connectivity index (χ4v) is 4.24. The van der Waals surface area contributed by atoms with Crippen LogP contribution in [0.4, 0.5) is 0 Å². The van der Waals surface area contributed by atoms with Gasteiger partial charge in [-0.25, -0.2) is 4.79 Å². The van der Waals surface area contributed by atoms with E-state index in [1.54, 1.807) is 38.1 Å². The molecular weight excluding hydrogens is 444 g/mol. The predicted octanol–water partition coefficient (Wildman–Crippen LogP) is 4.12. The number of carbonyl (C=O) groups excluding carboxylic acids is 3. The molecule has 8 heteroatoms. The topological polar surface area (TPSA) is 86.6 Å². The van der Waals surface area contributed by atoms with Crippen LogP contribution < -0.4 is 5.32 Å². The Labute approximate surface area is 199 Å². The minimum atomic E-state index is -0.909. The number of halogens is 1. The number of ether oxygens (including phenoxy) is 2. The lowest BCUT2D eigenvalue weighted by Gasteiger charge is -2.21. The molecule has 2 aromatic rings. The summed E-state index contributed by atoms with van der Waals surface area (Å²) in [4.78, 5) is 38.1. The van der Waals surface area contributed by atoms with E-state index in [9.17, 15) is 14.4 Å². The molecule has 3 rings (SSSR count). The molecule has 7 nitrogen and oxygen atoms in total. The number of rotatable bonds is 9. The summed E-state index contributed by atoms with van der Waals surface area (Å²) in [5, 5.41) is 2.97. The molecule has 0 spiro atoms. The van der Waals surface area contributed by atoms with Crippen molar-refractivity contribution in [3.8, 4) is 0 Å². The van der Waals surface area contributed by atoms with Crippen molar-refractivity contribution in [2.45, 2.75) is 59.2 Å². The van der Waals surface area contributed by atoms with E-state index in [0.717, 1.165) is 30.8 Å². The first-order valence-corrected chi connectivity index (χ1v) is 11.6. The van der Waals surface area contributed by atoms with Gasteiger partial charge in [0.25, 0.3) is 5.91 Å². The maximum Gasteiger partial charge on any atom is 0.329 e. The van der Waals surface area contributed by atoms with Crippen LogP contribution in [0.3, 0.4) is 0 Å². The number of nitrogens with zero attached hydrogens (tertiary/aromatic N) is 1. The molecule has 1 aromatic heterocycles. The molecule has 1 saturated heterocycles. The first-order valence-electron chi connectivity index (χ1n) is 11.2. The second-order valence-corrected chi connectivity index (χ2v) is 9.14. The van der Waals surface area contributed by atoms with Crippen LogP contribution in [-0.2, 0) is 20.8 Å². The zero-order valence-corrected chi connectivity index (χ0v) is 20.3. The van der Waals surface area contributed by atoms with Crippen LogP contribution in [-0.4, -0.2) is 47.6 Å². The lowest BCUT2D eigenvalue weighted by atomic mass is 10.0. The van der Waals surface area contributed by atoms with Crippen LogP contribution >= 0.6 is 11.6 Å². The fourth-order valence-electron chi connectivity index (χ4n) is 4.02. The summed E-state index contributed by atoms with van der Waals surface area (Å²) in [5.74, 6) is -1.65. The largest absolute Gasteiger partial charge is 0.456 e. The second kappa shape index (κ2) is 11.0. The minimum absolute atomic E-state index is 0.157. The maximum absolute atomic E-state index is 12.8. The van der Waals surface area contributed by atoms with E-state index in [1.165, 1.54) is 0 Å². The maximum atomic E-state index is 12.8. The smallest absolute Gasteiger partial charge is 0.329 e. The number of amides is 1. The van der Waals surface area contributed by atoms with Gasteiger partial charge in [-0.15, -0.1) is 0 Å². The molecule has 1 aromatic carbocycles. The van der Waals surface area contributed by atoms with Crippen molar-refractivity contribution >= 4 is 29.3 Å². The molecule has 178 valence electrons. The number of hydrogen-bond acceptors (Lipinski definition) is 5. The fraction of sp³-hybridized carbons (Fsp3) is 0.480. The number of carbonyl (C=O) groups is 3. The summed E-state index contributed by atoms with van der Waals surface area (Å²) in [6.45, 7) is 8.50. The van der Waals surface area contributed by atoms with Crippen molar-refractivity contribution in [2.75, 3.05) is 13.2 Å². The van der Waals surface area contributed by atoms with Crippen LogP contribution in [0.5, 0.6) is 0 Å². The predicted molar refractivity (Wildman–Crippen MR) is 126 cm³/mol. The number of Topliss-reactive ketones (excluding diaryl/α,β-unsaturated/α-hetero) is 1. The summed E-state index contributed by atoms with van der Waals surface area (Å²) in [6, 6.07) is 7.51. The quantitative estimate of drug-likeness (QED) is 0.436. The third-order valence-corrected chi connectivity index (χ3v) is 6.29. The van der Waals surface area contributed by atoms with Crippen molar-refractivity contribution < 1.29 is 23.9 Å². The average molecular weight is 475 g/mol. The monoisotopic (exact) mass is 474 g/mol. The lowest BCUT2D eigenvalue weighted by molar-refractivity contribution is -0.145. The summed E-state index contributed by atoms with van der Waals surface area (Å²) >= 11 is 6.08. The zero-order chi connectivity index (χ0) is 24.1. The Hall–Kier alpha value is -2.64. The van der Waals surface area contributed by atoms with E-state index < -0.39 is 24.5 Å². The highest BCUT2D eigenvalue weighted by Crippen LogP contribution is 2.21. The highest BCUT2D eigenvalue weighted by molar-refractivity contribution is 6.33. The molecule has 1 unspecified atom stereocenters. The van der Waals surface area contributed by atoms with Crippen LogP contribution in [0.25, 0.3) is 0 Å². The molecule has 0 bridgehead atoms. The van der Waals surface area contributed by atoms with Crippen molar-refractivity contribution in [2.24, 2.45) is 5.92 Å². The van der Waals surface area contributed by atoms with Crippen LogP contribution in [0, 0.1) is 19.8 Å². The van der Waals surface area contributed by atoms with Gasteiger partial charge in [-0.3, -0.25) is 9.59 Å². The van der Waals surface area contributed by atoms with Crippen molar-refractivity contribution in [3.05, 3.63) is 57.9 Å². The van der Waals surface area contributed by atoms with E-state index in [4.69, 9.17) is 21.1 Å². The number of aromatic nitrogens is 1. The molecule has 1 N–H and O–H groups in total. The number of hydrogen-bond donors (Lipinski definition) is 1. The number of nitrogens with one attached hydrogen (secondary N) is 1. The first kappa shape index (κ1) is 25.0. The molecule has 2 heterocycles. The Morgan fingerprint density at radius 3 is 2.58 bits per heavy atom. The van der Waals surface area contributed by atoms with Gasteiger partial charge in [-0.1, -0.05) is 37.6 Å².